The molecule has 1 aromatic carbocycles. The van der Waals surface area contributed by atoms with E-state index in [4.69, 9.17) is 27.6 Å². The SMILES string of the molecule is O=S(=O)(Nc1cc(Cl)c(Cl)cc1NS(=O)(=O)c1cccs1)c1ccoc1. The minimum atomic E-state index is -4.01. The molecule has 0 aliphatic rings. The molecule has 3 rings (SSSR count). The predicted molar refractivity (Wildman–Crippen MR) is 101 cm³/mol. The van der Waals surface area contributed by atoms with Crippen LogP contribution in [0.2, 0.25) is 10.0 Å². The van der Waals surface area contributed by atoms with Gasteiger partial charge in [-0.25, -0.2) is 16.8 Å². The van der Waals surface area contributed by atoms with Gasteiger partial charge in [-0.2, -0.15) is 0 Å². The van der Waals surface area contributed by atoms with Crippen molar-refractivity contribution in [2.24, 2.45) is 0 Å². The molecule has 7 nitrogen and oxygen atoms in total. The number of nitrogens with one attached hydrogen (secondary N) is 2. The maximum absolute atomic E-state index is 12.4. The molecular weight excluding hydrogens is 443 g/mol. The number of halogens is 2. The highest BCUT2D eigenvalue weighted by Crippen LogP contribution is 2.35. The van der Waals surface area contributed by atoms with Gasteiger partial charge in [-0.05, 0) is 29.6 Å². The van der Waals surface area contributed by atoms with Crippen LogP contribution in [0.4, 0.5) is 11.4 Å². The van der Waals surface area contributed by atoms with E-state index in [0.717, 1.165) is 17.6 Å². The number of sulfonamides is 2. The Balaban J connectivity index is 2.02. The Labute approximate surface area is 163 Å². The van der Waals surface area contributed by atoms with Crippen molar-refractivity contribution in [3.8, 4) is 0 Å². The van der Waals surface area contributed by atoms with Gasteiger partial charge in [0.25, 0.3) is 20.0 Å². The van der Waals surface area contributed by atoms with Crippen LogP contribution >= 0.6 is 34.5 Å². The summed E-state index contributed by atoms with van der Waals surface area (Å²) in [5.41, 5.74) is -0.152. The number of anilines is 2. The van der Waals surface area contributed by atoms with Crippen molar-refractivity contribution in [1.29, 1.82) is 0 Å². The molecule has 0 amide bonds. The van der Waals surface area contributed by atoms with Gasteiger partial charge in [0.2, 0.25) is 0 Å². The number of hydrogen-bond donors (Lipinski definition) is 2. The maximum atomic E-state index is 12.4. The monoisotopic (exact) mass is 452 g/mol. The van der Waals surface area contributed by atoms with E-state index >= 15 is 0 Å². The number of thiophene rings is 1. The van der Waals surface area contributed by atoms with E-state index in [1.54, 1.807) is 11.4 Å². The summed E-state index contributed by atoms with van der Waals surface area (Å²) in [6.45, 7) is 0. The fraction of sp³-hybridized carbons (Fsp3) is 0. The Kier molecular flexibility index (Phi) is 5.22. The molecule has 0 saturated carbocycles. The molecule has 12 heteroatoms. The number of benzene rings is 1. The Hall–Kier alpha value is -1.72. The maximum Gasteiger partial charge on any atom is 0.271 e. The number of rotatable bonds is 6. The first-order chi connectivity index (χ1) is 12.2. The zero-order valence-corrected chi connectivity index (χ0v) is 16.6. The van der Waals surface area contributed by atoms with E-state index in [9.17, 15) is 16.8 Å². The van der Waals surface area contributed by atoms with E-state index < -0.39 is 20.0 Å². The Morgan fingerprint density at radius 1 is 0.923 bits per heavy atom. The van der Waals surface area contributed by atoms with Crippen molar-refractivity contribution < 1.29 is 21.3 Å². The number of hydrogen-bond acceptors (Lipinski definition) is 6. The first-order valence-corrected chi connectivity index (χ1v) is 11.4. The molecule has 0 atom stereocenters. The van der Waals surface area contributed by atoms with Crippen LogP contribution in [0, 0.1) is 0 Å². The van der Waals surface area contributed by atoms with Gasteiger partial charge in [-0.15, -0.1) is 11.3 Å². The lowest BCUT2D eigenvalue weighted by Gasteiger charge is -2.15. The van der Waals surface area contributed by atoms with Crippen molar-refractivity contribution in [2.75, 3.05) is 9.44 Å². The van der Waals surface area contributed by atoms with Gasteiger partial charge in [0.1, 0.15) is 15.4 Å². The normalized spacial score (nSPS) is 12.1. The van der Waals surface area contributed by atoms with Crippen LogP contribution in [-0.2, 0) is 20.0 Å². The highest BCUT2D eigenvalue weighted by molar-refractivity contribution is 7.94. The van der Waals surface area contributed by atoms with Crippen molar-refractivity contribution in [3.63, 3.8) is 0 Å². The van der Waals surface area contributed by atoms with Gasteiger partial charge in [-0.1, -0.05) is 29.3 Å². The molecule has 0 unspecified atom stereocenters. The molecule has 0 aliphatic carbocycles. The van der Waals surface area contributed by atoms with Crippen LogP contribution < -0.4 is 9.44 Å². The molecule has 138 valence electrons. The quantitative estimate of drug-likeness (QED) is 0.581. The second-order valence-corrected chi connectivity index (χ2v) is 10.3. The third-order valence-electron chi connectivity index (χ3n) is 3.11. The van der Waals surface area contributed by atoms with E-state index in [2.05, 4.69) is 9.44 Å². The number of furan rings is 1. The largest absolute Gasteiger partial charge is 0.471 e. The Morgan fingerprint density at radius 2 is 1.54 bits per heavy atom. The third kappa shape index (κ3) is 3.99. The second kappa shape index (κ2) is 7.12. The zero-order valence-electron chi connectivity index (χ0n) is 12.6. The summed E-state index contributed by atoms with van der Waals surface area (Å²) >= 11 is 12.9. The van der Waals surface area contributed by atoms with Crippen LogP contribution in [-0.4, -0.2) is 16.8 Å². The summed E-state index contributed by atoms with van der Waals surface area (Å²) < 4.78 is 59.1. The van der Waals surface area contributed by atoms with Gasteiger partial charge in [0.05, 0.1) is 27.7 Å². The van der Waals surface area contributed by atoms with Crippen molar-refractivity contribution >= 4 is 66.0 Å². The lowest BCUT2D eigenvalue weighted by molar-refractivity contribution is 0.557. The molecule has 2 N–H and O–H groups in total. The summed E-state index contributed by atoms with van der Waals surface area (Å²) in [5.74, 6) is 0. The summed E-state index contributed by atoms with van der Waals surface area (Å²) in [7, 11) is -7.93. The van der Waals surface area contributed by atoms with Gasteiger partial charge >= 0.3 is 0 Å². The zero-order chi connectivity index (χ0) is 18.9. The van der Waals surface area contributed by atoms with E-state index in [1.807, 2.05) is 0 Å². The molecule has 3 aromatic rings. The van der Waals surface area contributed by atoms with Crippen LogP contribution in [0.15, 0.2) is 61.8 Å². The molecule has 0 radical (unpaired) electrons. The van der Waals surface area contributed by atoms with Crippen LogP contribution in [0.25, 0.3) is 0 Å². The van der Waals surface area contributed by atoms with Crippen LogP contribution in [0.1, 0.15) is 0 Å². The minimum Gasteiger partial charge on any atom is -0.471 e. The lowest BCUT2D eigenvalue weighted by atomic mass is 10.3. The highest BCUT2D eigenvalue weighted by Gasteiger charge is 2.22. The fourth-order valence-corrected chi connectivity index (χ4v) is 5.32. The molecule has 26 heavy (non-hydrogen) atoms. The molecule has 0 saturated heterocycles. The average Bonchev–Trinajstić information content (AvgIpc) is 3.24. The molecule has 0 aliphatic heterocycles. The van der Waals surface area contributed by atoms with Gasteiger partial charge in [0, 0.05) is 0 Å². The van der Waals surface area contributed by atoms with Crippen molar-refractivity contribution in [2.45, 2.75) is 9.10 Å². The summed E-state index contributed by atoms with van der Waals surface area (Å²) in [5, 5.41) is 1.71. The first kappa shape index (κ1) is 19.1. The minimum absolute atomic E-state index is 0.0515. The summed E-state index contributed by atoms with van der Waals surface area (Å²) in [4.78, 5) is -0.129. The second-order valence-electron chi connectivity index (χ2n) is 4.91. The van der Waals surface area contributed by atoms with Gasteiger partial charge in [0.15, 0.2) is 0 Å². The predicted octanol–water partition coefficient (Wildman–Crippen LogP) is 4.25. The topological polar surface area (TPSA) is 105 Å². The van der Waals surface area contributed by atoms with Gasteiger partial charge in [-0.3, -0.25) is 9.44 Å². The molecule has 0 spiro atoms. The van der Waals surface area contributed by atoms with E-state index in [1.165, 1.54) is 30.5 Å². The molecule has 2 aromatic heterocycles. The van der Waals surface area contributed by atoms with E-state index in [-0.39, 0.29) is 30.5 Å². The Bertz CT molecular complexity index is 1030. The first-order valence-electron chi connectivity index (χ1n) is 6.79. The highest BCUT2D eigenvalue weighted by atomic mass is 35.5. The standard InChI is InChI=1S/C14H10Cl2N2O5S3/c15-10-6-12(17-25(19,20)9-3-4-23-8-9)13(7-11(10)16)18-26(21,22)14-2-1-5-24-14/h1-8,17-18H. The lowest BCUT2D eigenvalue weighted by Crippen LogP contribution is -2.17. The molecule has 2 heterocycles. The molecule has 0 bridgehead atoms. The average molecular weight is 453 g/mol. The molecular formula is C14H10Cl2N2O5S3. The molecule has 0 fully saturated rings. The Morgan fingerprint density at radius 3 is 2.04 bits per heavy atom. The van der Waals surface area contributed by atoms with Crippen molar-refractivity contribution in [3.05, 3.63) is 58.3 Å². The van der Waals surface area contributed by atoms with Gasteiger partial charge < -0.3 is 4.42 Å². The van der Waals surface area contributed by atoms with Crippen LogP contribution in [0.3, 0.4) is 0 Å². The fourth-order valence-electron chi connectivity index (χ4n) is 1.94. The van der Waals surface area contributed by atoms with Crippen molar-refractivity contribution in [1.82, 2.24) is 0 Å². The third-order valence-corrected chi connectivity index (χ3v) is 7.94. The van der Waals surface area contributed by atoms with Crippen LogP contribution in [0.5, 0.6) is 0 Å². The van der Waals surface area contributed by atoms with E-state index in [0.29, 0.717) is 0 Å². The summed E-state index contributed by atoms with van der Waals surface area (Å²) in [6, 6.07) is 6.68. The summed E-state index contributed by atoms with van der Waals surface area (Å²) in [6.07, 6.45) is 2.24. The smallest absolute Gasteiger partial charge is 0.271 e.